The van der Waals surface area contributed by atoms with Crippen LogP contribution in [0, 0.1) is 5.41 Å². The van der Waals surface area contributed by atoms with Crippen molar-refractivity contribution in [2.45, 2.75) is 46.1 Å². The second-order valence-electron chi connectivity index (χ2n) is 6.65. The Morgan fingerprint density at radius 3 is 2.83 bits per heavy atom. The van der Waals surface area contributed by atoms with E-state index >= 15 is 0 Å². The number of aryl methyl sites for hydroxylation is 1. The molecule has 132 valence electrons. The lowest BCUT2D eigenvalue weighted by Crippen LogP contribution is -2.40. The summed E-state index contributed by atoms with van der Waals surface area (Å²) in [6.45, 7) is 6.45. The quantitative estimate of drug-likeness (QED) is 0.833. The number of ether oxygens (including phenoxy) is 2. The molecule has 1 amide bonds. The largest absolute Gasteiger partial charge is 0.465 e. The molecule has 7 nitrogen and oxygen atoms in total. The van der Waals surface area contributed by atoms with Crippen molar-refractivity contribution in [3.8, 4) is 0 Å². The molecular weight excluding hydrogens is 310 g/mol. The predicted octanol–water partition coefficient (Wildman–Crippen LogP) is 1.09. The van der Waals surface area contributed by atoms with Crippen molar-refractivity contribution < 1.29 is 19.1 Å². The number of nitrogens with zero attached hydrogens (tertiary/aromatic N) is 2. The number of hydrogen-bond donors (Lipinski definition) is 1. The van der Waals surface area contributed by atoms with Crippen LogP contribution in [0.15, 0.2) is 0 Å². The first-order valence-corrected chi connectivity index (χ1v) is 8.62. The van der Waals surface area contributed by atoms with E-state index in [1.54, 1.807) is 4.68 Å². The van der Waals surface area contributed by atoms with E-state index in [4.69, 9.17) is 9.47 Å². The van der Waals surface area contributed by atoms with Gasteiger partial charge in [-0.25, -0.2) is 0 Å². The molecule has 0 radical (unpaired) electrons. The van der Waals surface area contributed by atoms with E-state index in [2.05, 4.69) is 10.4 Å². The van der Waals surface area contributed by atoms with Crippen LogP contribution < -0.4 is 5.32 Å². The smallest absolute Gasteiger partial charge is 0.302 e. The minimum absolute atomic E-state index is 0.0386. The van der Waals surface area contributed by atoms with Gasteiger partial charge in [0.1, 0.15) is 5.69 Å². The van der Waals surface area contributed by atoms with Crippen molar-refractivity contribution in [3.05, 3.63) is 17.0 Å². The maximum absolute atomic E-state index is 12.6. The molecule has 0 saturated carbocycles. The van der Waals surface area contributed by atoms with Gasteiger partial charge in [0.05, 0.1) is 12.3 Å². The molecule has 0 atom stereocenters. The Morgan fingerprint density at radius 1 is 1.42 bits per heavy atom. The van der Waals surface area contributed by atoms with E-state index in [0.29, 0.717) is 31.8 Å². The highest BCUT2D eigenvalue weighted by Crippen LogP contribution is 2.37. The molecule has 1 aromatic rings. The van der Waals surface area contributed by atoms with Crippen LogP contribution in [-0.2, 0) is 33.7 Å². The van der Waals surface area contributed by atoms with Crippen molar-refractivity contribution in [3.63, 3.8) is 0 Å². The molecule has 0 aliphatic carbocycles. The van der Waals surface area contributed by atoms with E-state index < -0.39 is 0 Å². The first-order chi connectivity index (χ1) is 11.5. The minimum Gasteiger partial charge on any atom is -0.465 e. The maximum Gasteiger partial charge on any atom is 0.302 e. The predicted molar refractivity (Wildman–Crippen MR) is 86.8 cm³/mol. The second kappa shape index (κ2) is 6.93. The third-order valence-electron chi connectivity index (χ3n) is 5.02. The zero-order valence-corrected chi connectivity index (χ0v) is 14.4. The molecular formula is C17H25N3O4. The summed E-state index contributed by atoms with van der Waals surface area (Å²) in [5.41, 5.74) is 2.59. The fraction of sp³-hybridized carbons (Fsp3) is 0.706. The molecule has 0 bridgehead atoms. The molecule has 2 aliphatic heterocycles. The van der Waals surface area contributed by atoms with Crippen molar-refractivity contribution in [1.29, 1.82) is 0 Å². The lowest BCUT2D eigenvalue weighted by molar-refractivity contribution is -0.140. The molecule has 3 heterocycles. The Kier molecular flexibility index (Phi) is 4.89. The summed E-state index contributed by atoms with van der Waals surface area (Å²) < 4.78 is 12.3. The number of amides is 1. The molecule has 1 spiro atoms. The molecule has 0 unspecified atom stereocenters. The summed E-state index contributed by atoms with van der Waals surface area (Å²) in [6, 6.07) is 0. The zero-order valence-electron chi connectivity index (χ0n) is 14.4. The van der Waals surface area contributed by atoms with Gasteiger partial charge in [-0.2, -0.15) is 5.10 Å². The second-order valence-corrected chi connectivity index (χ2v) is 6.65. The highest BCUT2D eigenvalue weighted by atomic mass is 16.5. The van der Waals surface area contributed by atoms with E-state index in [0.717, 1.165) is 43.7 Å². The van der Waals surface area contributed by atoms with Crippen LogP contribution in [0.5, 0.6) is 0 Å². The monoisotopic (exact) mass is 335 g/mol. The highest BCUT2D eigenvalue weighted by molar-refractivity contribution is 5.94. The molecule has 3 rings (SSSR count). The summed E-state index contributed by atoms with van der Waals surface area (Å²) in [5, 5.41) is 7.69. The summed E-state index contributed by atoms with van der Waals surface area (Å²) >= 11 is 0. The third-order valence-corrected chi connectivity index (χ3v) is 5.02. The average Bonchev–Trinajstić information content (AvgIpc) is 2.84. The van der Waals surface area contributed by atoms with Crippen molar-refractivity contribution in [1.82, 2.24) is 15.1 Å². The topological polar surface area (TPSA) is 82.5 Å². The van der Waals surface area contributed by atoms with Crippen molar-refractivity contribution >= 4 is 11.9 Å². The number of hydrogen-bond acceptors (Lipinski definition) is 5. The molecule has 1 aromatic heterocycles. The lowest BCUT2D eigenvalue weighted by Gasteiger charge is -2.36. The molecule has 24 heavy (non-hydrogen) atoms. The Bertz CT molecular complexity index is 632. The highest BCUT2D eigenvalue weighted by Gasteiger charge is 2.39. The molecule has 2 aliphatic rings. The fourth-order valence-corrected chi connectivity index (χ4v) is 3.66. The Morgan fingerprint density at radius 2 is 2.17 bits per heavy atom. The van der Waals surface area contributed by atoms with Crippen LogP contribution in [0.1, 0.15) is 48.4 Å². The lowest BCUT2D eigenvalue weighted by atomic mass is 9.75. The number of aromatic nitrogens is 2. The van der Waals surface area contributed by atoms with E-state index in [1.165, 1.54) is 6.92 Å². The van der Waals surface area contributed by atoms with Gasteiger partial charge in [0.25, 0.3) is 5.91 Å². The summed E-state index contributed by atoms with van der Waals surface area (Å²) in [5.74, 6) is -0.351. The van der Waals surface area contributed by atoms with Crippen molar-refractivity contribution in [2.75, 3.05) is 26.4 Å². The molecule has 1 saturated heterocycles. The molecule has 1 N–H and O–H groups in total. The first kappa shape index (κ1) is 17.0. The van der Waals surface area contributed by atoms with Crippen LogP contribution in [0.4, 0.5) is 0 Å². The standard InChI is InChI=1S/C17H25N3O4/c1-3-20-15-13(14(19-20)4-7-24-12(2)21)10-17(11-18-16(15)22)5-8-23-9-6-17/h3-11H2,1-2H3,(H,18,22). The average molecular weight is 335 g/mol. The number of esters is 1. The van der Waals surface area contributed by atoms with E-state index in [-0.39, 0.29) is 17.3 Å². The van der Waals surface area contributed by atoms with Gasteiger partial charge >= 0.3 is 5.97 Å². The van der Waals surface area contributed by atoms with Gasteiger partial charge < -0.3 is 14.8 Å². The number of fused-ring (bicyclic) bond motifs is 1. The molecule has 0 aromatic carbocycles. The molecule has 7 heteroatoms. The molecule has 1 fully saturated rings. The Balaban J connectivity index is 1.92. The SMILES string of the molecule is CCn1nc(CCOC(C)=O)c2c1C(=O)NCC1(CCOCC1)C2. The van der Waals surface area contributed by atoms with Gasteiger partial charge in [0.15, 0.2) is 0 Å². The van der Waals surface area contributed by atoms with E-state index in [9.17, 15) is 9.59 Å². The number of rotatable bonds is 4. The number of carbonyl (C=O) groups excluding carboxylic acids is 2. The number of carbonyl (C=O) groups is 2. The first-order valence-electron chi connectivity index (χ1n) is 8.62. The van der Waals surface area contributed by atoms with Crippen LogP contribution in [0.3, 0.4) is 0 Å². The fourth-order valence-electron chi connectivity index (χ4n) is 3.66. The number of nitrogens with one attached hydrogen (secondary N) is 1. The zero-order chi connectivity index (χ0) is 17.2. The van der Waals surface area contributed by atoms with Crippen LogP contribution in [-0.4, -0.2) is 48.0 Å². The van der Waals surface area contributed by atoms with Gasteiger partial charge in [-0.15, -0.1) is 0 Å². The van der Waals surface area contributed by atoms with Crippen LogP contribution in [0.25, 0.3) is 0 Å². The van der Waals surface area contributed by atoms with Gasteiger partial charge in [0, 0.05) is 45.2 Å². The van der Waals surface area contributed by atoms with Gasteiger partial charge in [0.2, 0.25) is 0 Å². The van der Waals surface area contributed by atoms with Crippen LogP contribution >= 0.6 is 0 Å². The van der Waals surface area contributed by atoms with Crippen molar-refractivity contribution in [2.24, 2.45) is 5.41 Å². The van der Waals surface area contributed by atoms with Crippen LogP contribution in [0.2, 0.25) is 0 Å². The van der Waals surface area contributed by atoms with Gasteiger partial charge in [-0.1, -0.05) is 0 Å². The maximum atomic E-state index is 12.6. The Hall–Kier alpha value is -1.89. The van der Waals surface area contributed by atoms with Gasteiger partial charge in [-0.05, 0) is 31.6 Å². The minimum atomic E-state index is -0.297. The third kappa shape index (κ3) is 3.31. The summed E-state index contributed by atoms with van der Waals surface area (Å²) in [6.07, 6.45) is 3.23. The normalized spacial score (nSPS) is 19.5. The Labute approximate surface area is 141 Å². The van der Waals surface area contributed by atoms with E-state index in [1.807, 2.05) is 6.92 Å². The van der Waals surface area contributed by atoms with Gasteiger partial charge in [-0.3, -0.25) is 14.3 Å². The summed E-state index contributed by atoms with van der Waals surface area (Å²) in [7, 11) is 0. The summed E-state index contributed by atoms with van der Waals surface area (Å²) in [4.78, 5) is 23.6.